The summed E-state index contributed by atoms with van der Waals surface area (Å²) in [6, 6.07) is 12.3. The number of hydrogen-bond donors (Lipinski definition) is 3. The van der Waals surface area contributed by atoms with Crippen molar-refractivity contribution < 1.29 is 17.6 Å². The molecule has 44 heavy (non-hydrogen) atoms. The highest BCUT2D eigenvalue weighted by Gasteiger charge is 2.53. The van der Waals surface area contributed by atoms with E-state index < -0.39 is 15.7 Å². The Balaban J connectivity index is 1.08. The number of aromatic nitrogens is 1. The van der Waals surface area contributed by atoms with Crippen LogP contribution in [0.3, 0.4) is 0 Å². The average Bonchev–Trinajstić information content (AvgIpc) is 3.70. The zero-order valence-corrected chi connectivity index (χ0v) is 26.8. The van der Waals surface area contributed by atoms with E-state index in [0.29, 0.717) is 29.0 Å². The molecule has 3 aliphatic rings. The van der Waals surface area contributed by atoms with E-state index in [1.54, 1.807) is 36.4 Å². The Morgan fingerprint density at radius 1 is 1.00 bits per heavy atom. The van der Waals surface area contributed by atoms with Crippen molar-refractivity contribution in [2.75, 3.05) is 13.1 Å². The van der Waals surface area contributed by atoms with Crippen molar-refractivity contribution in [3.05, 3.63) is 65.3 Å². The monoisotopic (exact) mass is 638 g/mol. The van der Waals surface area contributed by atoms with Crippen molar-refractivity contribution in [3.63, 3.8) is 0 Å². The maximum atomic E-state index is 13.6. The summed E-state index contributed by atoms with van der Waals surface area (Å²) in [7, 11) is -3.83. The van der Waals surface area contributed by atoms with Crippen LogP contribution in [-0.4, -0.2) is 44.0 Å². The summed E-state index contributed by atoms with van der Waals surface area (Å²) in [4.78, 5) is 17.9. The number of fused-ring (bicyclic) bond motifs is 1. The lowest BCUT2D eigenvalue weighted by Gasteiger charge is -2.46. The summed E-state index contributed by atoms with van der Waals surface area (Å²) in [6.07, 6.45) is 13.7. The SMILES string of the molecule is O=C(NCc1ccc(S(=O)(=O)c2csc(-c3cccc(F)c3)n2)cc1)C1CC2CNCCC2(C2CCCCCCCCC2)N1. The first-order chi connectivity index (χ1) is 21.3. The van der Waals surface area contributed by atoms with Crippen LogP contribution in [0.5, 0.6) is 0 Å². The fourth-order valence-corrected chi connectivity index (χ4v) is 9.95. The Morgan fingerprint density at radius 2 is 1.73 bits per heavy atom. The number of amides is 1. The fourth-order valence-electron chi connectivity index (χ4n) is 7.62. The van der Waals surface area contributed by atoms with Crippen LogP contribution < -0.4 is 16.0 Å². The molecule has 0 radical (unpaired) electrons. The topological polar surface area (TPSA) is 100 Å². The first-order valence-electron chi connectivity index (χ1n) is 16.2. The standard InChI is InChI=1S/C34H43FN4O3S2/c35-28-12-8-9-25(19-28)33-38-31(23-43-33)44(41,42)29-15-13-24(14-16-29)21-37-32(40)30-20-27-22-36-18-17-34(27,39-30)26-10-6-4-2-1-3-5-7-11-26/h8-9,12-16,19,23,26-27,30,36,39H,1-7,10-11,17-18,20-22H2,(H,37,40). The lowest BCUT2D eigenvalue weighted by Crippen LogP contribution is -2.60. The number of nitrogens with one attached hydrogen (secondary N) is 3. The van der Waals surface area contributed by atoms with E-state index in [2.05, 4.69) is 20.9 Å². The maximum Gasteiger partial charge on any atom is 0.237 e. The van der Waals surface area contributed by atoms with Gasteiger partial charge in [-0.15, -0.1) is 11.3 Å². The van der Waals surface area contributed by atoms with Crippen LogP contribution in [-0.2, 0) is 21.2 Å². The number of carbonyl (C=O) groups is 1. The molecule has 3 fully saturated rings. The quantitative estimate of drug-likeness (QED) is 0.283. The van der Waals surface area contributed by atoms with Crippen molar-refractivity contribution >= 4 is 27.1 Å². The van der Waals surface area contributed by atoms with Gasteiger partial charge in [0.15, 0.2) is 5.03 Å². The largest absolute Gasteiger partial charge is 0.351 e. The van der Waals surface area contributed by atoms with Crippen LogP contribution in [0.15, 0.2) is 63.8 Å². The molecule has 1 aromatic heterocycles. The maximum absolute atomic E-state index is 13.6. The Morgan fingerprint density at radius 3 is 2.45 bits per heavy atom. The summed E-state index contributed by atoms with van der Waals surface area (Å²) in [5, 5.41) is 12.5. The van der Waals surface area contributed by atoms with Gasteiger partial charge in [-0.25, -0.2) is 17.8 Å². The van der Waals surface area contributed by atoms with Gasteiger partial charge in [-0.2, -0.15) is 0 Å². The second-order valence-corrected chi connectivity index (χ2v) is 15.5. The van der Waals surface area contributed by atoms with Crippen molar-refractivity contribution in [1.82, 2.24) is 20.9 Å². The second kappa shape index (κ2) is 13.8. The number of nitrogens with zero attached hydrogens (tertiary/aromatic N) is 1. The molecule has 10 heteroatoms. The van der Waals surface area contributed by atoms with Gasteiger partial charge in [0, 0.05) is 23.0 Å². The second-order valence-electron chi connectivity index (χ2n) is 12.7. The van der Waals surface area contributed by atoms with Gasteiger partial charge >= 0.3 is 0 Å². The van der Waals surface area contributed by atoms with Crippen LogP contribution in [0.4, 0.5) is 4.39 Å². The summed E-state index contributed by atoms with van der Waals surface area (Å²) in [5.41, 5.74) is 1.40. The summed E-state index contributed by atoms with van der Waals surface area (Å²) in [5.74, 6) is 0.686. The number of hydrogen-bond acceptors (Lipinski definition) is 7. The normalized spacial score (nSPS) is 25.3. The molecule has 236 valence electrons. The molecule has 3 atom stereocenters. The smallest absolute Gasteiger partial charge is 0.237 e. The number of halogens is 1. The van der Waals surface area contributed by atoms with Crippen molar-refractivity contribution in [2.24, 2.45) is 11.8 Å². The lowest BCUT2D eigenvalue weighted by atomic mass is 9.67. The van der Waals surface area contributed by atoms with Crippen LogP contribution >= 0.6 is 11.3 Å². The van der Waals surface area contributed by atoms with Gasteiger partial charge in [-0.05, 0) is 80.4 Å². The van der Waals surface area contributed by atoms with E-state index in [1.165, 1.54) is 75.3 Å². The van der Waals surface area contributed by atoms with Gasteiger partial charge in [0.1, 0.15) is 10.8 Å². The molecule has 1 saturated carbocycles. The fraction of sp³-hybridized carbons (Fsp3) is 0.529. The Labute approximate surface area is 264 Å². The third-order valence-corrected chi connectivity index (χ3v) is 12.7. The van der Waals surface area contributed by atoms with Gasteiger partial charge in [0.25, 0.3) is 0 Å². The molecular weight excluding hydrogens is 596 g/mol. The van der Waals surface area contributed by atoms with Gasteiger partial charge in [-0.3, -0.25) is 10.1 Å². The van der Waals surface area contributed by atoms with Gasteiger partial charge in [0.2, 0.25) is 15.7 Å². The summed E-state index contributed by atoms with van der Waals surface area (Å²) < 4.78 is 40.1. The molecule has 0 bridgehead atoms. The molecule has 6 rings (SSSR count). The molecule has 2 aromatic carbocycles. The van der Waals surface area contributed by atoms with Crippen LogP contribution in [0.25, 0.3) is 10.6 Å². The molecule has 3 unspecified atom stereocenters. The minimum atomic E-state index is -3.83. The number of carbonyl (C=O) groups excluding carboxylic acids is 1. The third kappa shape index (κ3) is 6.78. The van der Waals surface area contributed by atoms with E-state index >= 15 is 0 Å². The molecule has 1 amide bonds. The highest BCUT2D eigenvalue weighted by Crippen LogP contribution is 2.45. The van der Waals surface area contributed by atoms with E-state index in [1.807, 2.05) is 0 Å². The highest BCUT2D eigenvalue weighted by molar-refractivity contribution is 7.91. The minimum Gasteiger partial charge on any atom is -0.351 e. The number of sulfone groups is 1. The summed E-state index contributed by atoms with van der Waals surface area (Å²) >= 11 is 1.16. The molecule has 3 aromatic rings. The van der Waals surface area contributed by atoms with E-state index in [9.17, 15) is 17.6 Å². The molecule has 3 N–H and O–H groups in total. The summed E-state index contributed by atoms with van der Waals surface area (Å²) in [6.45, 7) is 2.29. The molecule has 2 aliphatic heterocycles. The van der Waals surface area contributed by atoms with Crippen molar-refractivity contribution in [3.8, 4) is 10.6 Å². The zero-order chi connectivity index (χ0) is 30.6. The van der Waals surface area contributed by atoms with Crippen molar-refractivity contribution in [1.29, 1.82) is 0 Å². The van der Waals surface area contributed by atoms with Gasteiger partial charge in [-0.1, -0.05) is 69.2 Å². The highest BCUT2D eigenvalue weighted by atomic mass is 32.2. The van der Waals surface area contributed by atoms with Gasteiger partial charge in [0.05, 0.1) is 10.9 Å². The first kappa shape index (κ1) is 31.3. The average molecular weight is 639 g/mol. The minimum absolute atomic E-state index is 0.0164. The number of rotatable bonds is 7. The third-order valence-electron chi connectivity index (χ3n) is 9.98. The number of piperidine rings is 1. The molecule has 3 heterocycles. The zero-order valence-electron chi connectivity index (χ0n) is 25.2. The van der Waals surface area contributed by atoms with Crippen LogP contribution in [0.1, 0.15) is 76.2 Å². The first-order valence-corrected chi connectivity index (χ1v) is 18.5. The van der Waals surface area contributed by atoms with E-state index in [-0.39, 0.29) is 27.4 Å². The van der Waals surface area contributed by atoms with E-state index in [0.717, 1.165) is 42.8 Å². The Kier molecular flexibility index (Phi) is 9.80. The lowest BCUT2D eigenvalue weighted by molar-refractivity contribution is -0.123. The predicted molar refractivity (Wildman–Crippen MR) is 172 cm³/mol. The molecule has 7 nitrogen and oxygen atoms in total. The van der Waals surface area contributed by atoms with E-state index in [4.69, 9.17) is 0 Å². The number of benzene rings is 2. The number of thiazole rings is 1. The molecular formula is C34H43FN4O3S2. The van der Waals surface area contributed by atoms with Crippen molar-refractivity contribution in [2.45, 2.75) is 98.7 Å². The molecule has 1 aliphatic carbocycles. The molecule has 2 saturated heterocycles. The predicted octanol–water partition coefficient (Wildman–Crippen LogP) is 6.25. The molecule has 0 spiro atoms. The Bertz CT molecular complexity index is 1530. The Hall–Kier alpha value is -2.66. The van der Waals surface area contributed by atoms with Crippen LogP contribution in [0, 0.1) is 17.7 Å². The van der Waals surface area contributed by atoms with Crippen LogP contribution in [0.2, 0.25) is 0 Å². The van der Waals surface area contributed by atoms with Gasteiger partial charge < -0.3 is 10.6 Å².